The number of alkyl halides is 1. The molecule has 2 unspecified atom stereocenters. The fourth-order valence-corrected chi connectivity index (χ4v) is 3.96. The summed E-state index contributed by atoms with van der Waals surface area (Å²) in [6.45, 7) is 2.49. The largest absolute Gasteiger partial charge is 0.372 e. The summed E-state index contributed by atoms with van der Waals surface area (Å²) in [5.74, 6) is -0.885. The van der Waals surface area contributed by atoms with E-state index >= 15 is 0 Å². The highest BCUT2D eigenvalue weighted by molar-refractivity contribution is 6.07. The second-order valence-electron chi connectivity index (χ2n) is 8.78. The van der Waals surface area contributed by atoms with E-state index < -0.39 is 23.6 Å². The van der Waals surface area contributed by atoms with Gasteiger partial charge in [-0.1, -0.05) is 6.07 Å². The van der Waals surface area contributed by atoms with E-state index in [9.17, 15) is 18.8 Å². The van der Waals surface area contributed by atoms with Gasteiger partial charge in [0.25, 0.3) is 5.91 Å². The third-order valence-electron chi connectivity index (χ3n) is 5.70. The van der Waals surface area contributed by atoms with E-state index in [1.807, 2.05) is 30.6 Å². The molecule has 1 aromatic heterocycles. The molecule has 0 bridgehead atoms. The van der Waals surface area contributed by atoms with E-state index in [2.05, 4.69) is 21.4 Å². The van der Waals surface area contributed by atoms with Gasteiger partial charge in [0, 0.05) is 24.4 Å². The van der Waals surface area contributed by atoms with Crippen molar-refractivity contribution in [2.24, 2.45) is 11.5 Å². The Labute approximate surface area is 209 Å². The van der Waals surface area contributed by atoms with Gasteiger partial charge in [0.15, 0.2) is 0 Å². The number of aryl methyl sites for hydroxylation is 1. The number of hydrogen-bond donors (Lipinski definition) is 5. The second-order valence-corrected chi connectivity index (χ2v) is 8.78. The molecule has 11 nitrogen and oxygen atoms in total. The Morgan fingerprint density at radius 2 is 2.03 bits per heavy atom. The molecule has 3 rings (SSSR count). The second kappa shape index (κ2) is 13.4. The van der Waals surface area contributed by atoms with Crippen LogP contribution in [0, 0.1) is 0 Å². The monoisotopic (exact) mass is 504 g/mol. The maximum Gasteiger partial charge on any atom is 0.252 e. The number of halogens is 1. The van der Waals surface area contributed by atoms with Gasteiger partial charge in [-0.05, 0) is 37.1 Å². The molecule has 4 amide bonds. The van der Waals surface area contributed by atoms with E-state index in [-0.39, 0.29) is 31.8 Å². The number of likely N-dealkylation sites (N-methyl/N-ethyl adjacent to an activating group) is 1. The molecule has 0 spiro atoms. The number of nitrogens with one attached hydrogen (secondary N) is 2. The van der Waals surface area contributed by atoms with Crippen molar-refractivity contribution in [3.63, 3.8) is 0 Å². The van der Waals surface area contributed by atoms with E-state index in [0.29, 0.717) is 35.9 Å². The van der Waals surface area contributed by atoms with E-state index in [1.54, 1.807) is 6.07 Å². The highest BCUT2D eigenvalue weighted by atomic mass is 19.1. The number of pyridine rings is 1. The maximum absolute atomic E-state index is 14.1. The van der Waals surface area contributed by atoms with Crippen LogP contribution in [0.3, 0.4) is 0 Å². The Bertz CT molecular complexity index is 1080. The lowest BCUT2D eigenvalue weighted by atomic mass is 10.0. The van der Waals surface area contributed by atoms with E-state index in [1.165, 1.54) is 18.0 Å². The van der Waals surface area contributed by atoms with Crippen LogP contribution < -0.4 is 27.4 Å². The van der Waals surface area contributed by atoms with Crippen LogP contribution in [0.4, 0.5) is 4.39 Å². The summed E-state index contributed by atoms with van der Waals surface area (Å²) in [5.41, 5.74) is 10.4. The highest BCUT2D eigenvalue weighted by Crippen LogP contribution is 2.27. The lowest BCUT2D eigenvalue weighted by molar-refractivity contribution is -0.624. The van der Waals surface area contributed by atoms with E-state index in [4.69, 9.17) is 10.5 Å². The lowest BCUT2D eigenvalue weighted by Crippen LogP contribution is -2.81. The minimum atomic E-state index is -1.53. The van der Waals surface area contributed by atoms with Gasteiger partial charge >= 0.3 is 0 Å². The van der Waals surface area contributed by atoms with Crippen LogP contribution in [0.2, 0.25) is 0 Å². The molecule has 196 valence electrons. The predicted octanol–water partition coefficient (Wildman–Crippen LogP) is -1.45. The Hall–Kier alpha value is -3.64. The fraction of sp³-hybridized carbons (Fsp3) is 0.458. The van der Waals surface area contributed by atoms with Gasteiger partial charge in [0.1, 0.15) is 5.67 Å². The standard InChI is InChI=1S/C23H31FN6O3.CH3NO/c1-23(24)12-19(25)30(14-23)21(32)13-29-22(33)16-7-8-27-18-5-3-15(11-17(16)18)4-6-20(31)28-10-9-26-2;2-1-3/h3,5,7-8,11,19,26H,4,6,9-10,12-14,25H2,1-2H3,(H,28,31)(H,29,33);1H,(H2,2,3)/p+1. The zero-order valence-electron chi connectivity index (χ0n) is 20.6. The fourth-order valence-electron chi connectivity index (χ4n) is 3.96. The van der Waals surface area contributed by atoms with Gasteiger partial charge in [-0.15, -0.1) is 0 Å². The average Bonchev–Trinajstić information content (AvgIpc) is 3.13. The number of aromatic nitrogens is 1. The van der Waals surface area contributed by atoms with Crippen molar-refractivity contribution in [1.82, 2.24) is 20.5 Å². The molecule has 12 heteroatoms. The Morgan fingerprint density at radius 3 is 2.67 bits per heavy atom. The molecular formula is C24H35FN7O4+. The van der Waals surface area contributed by atoms with Crippen LogP contribution in [0.25, 0.3) is 10.9 Å². The summed E-state index contributed by atoms with van der Waals surface area (Å²) in [6.07, 6.45) is 2.02. The molecule has 2 heterocycles. The van der Waals surface area contributed by atoms with Crippen molar-refractivity contribution in [1.29, 1.82) is 0 Å². The van der Waals surface area contributed by atoms with Crippen molar-refractivity contribution in [3.8, 4) is 0 Å². The molecule has 1 aliphatic heterocycles. The summed E-state index contributed by atoms with van der Waals surface area (Å²) in [5, 5.41) is 8.10. The van der Waals surface area contributed by atoms with Crippen LogP contribution in [0.1, 0.15) is 35.7 Å². The molecule has 0 saturated carbocycles. The first kappa shape index (κ1) is 28.6. The number of nitrogens with two attached hydrogens (primary N) is 3. The Morgan fingerprint density at radius 1 is 1.31 bits per heavy atom. The maximum atomic E-state index is 14.1. The van der Waals surface area contributed by atoms with Crippen molar-refractivity contribution in [2.45, 2.75) is 38.0 Å². The summed E-state index contributed by atoms with van der Waals surface area (Å²) < 4.78 is 14.1. The van der Waals surface area contributed by atoms with Crippen LogP contribution in [-0.4, -0.2) is 79.1 Å². The number of amides is 4. The molecule has 0 radical (unpaired) electrons. The van der Waals surface area contributed by atoms with Gasteiger partial charge in [0.2, 0.25) is 18.2 Å². The van der Waals surface area contributed by atoms with Gasteiger partial charge < -0.3 is 32.3 Å². The molecule has 1 aromatic carbocycles. The Kier molecular flexibility index (Phi) is 10.7. The lowest BCUT2D eigenvalue weighted by Gasteiger charge is -2.21. The summed E-state index contributed by atoms with van der Waals surface area (Å²) in [7, 11) is 1.94. The van der Waals surface area contributed by atoms with E-state index in [0.717, 1.165) is 12.1 Å². The molecule has 8 N–H and O–H groups in total. The highest BCUT2D eigenvalue weighted by Gasteiger charge is 2.41. The molecule has 1 saturated heterocycles. The number of quaternary nitrogens is 1. The zero-order chi connectivity index (χ0) is 26.7. The van der Waals surface area contributed by atoms with Crippen molar-refractivity contribution < 1.29 is 28.9 Å². The Balaban J connectivity index is 0.00000145. The summed E-state index contributed by atoms with van der Waals surface area (Å²) >= 11 is 0. The molecule has 0 aliphatic carbocycles. The first-order chi connectivity index (χ1) is 17.1. The summed E-state index contributed by atoms with van der Waals surface area (Å²) in [4.78, 5) is 51.4. The smallest absolute Gasteiger partial charge is 0.252 e. The minimum absolute atomic E-state index is 0.0240. The third kappa shape index (κ3) is 8.24. The number of fused-ring (bicyclic) bond motifs is 1. The first-order valence-electron chi connectivity index (χ1n) is 11.7. The van der Waals surface area contributed by atoms with Gasteiger partial charge in [-0.25, -0.2) is 4.39 Å². The number of primary amides is 1. The molecule has 1 fully saturated rings. The molecular weight excluding hydrogens is 469 g/mol. The third-order valence-corrected chi connectivity index (χ3v) is 5.70. The van der Waals surface area contributed by atoms with Gasteiger partial charge in [0.05, 0.1) is 50.5 Å². The average molecular weight is 505 g/mol. The van der Waals surface area contributed by atoms with Crippen LogP contribution in [0.5, 0.6) is 0 Å². The molecule has 36 heavy (non-hydrogen) atoms. The van der Waals surface area contributed by atoms with Crippen molar-refractivity contribution in [2.75, 3.05) is 33.2 Å². The predicted molar refractivity (Wildman–Crippen MR) is 132 cm³/mol. The number of rotatable bonds is 9. The quantitative estimate of drug-likeness (QED) is 0.206. The van der Waals surface area contributed by atoms with Crippen LogP contribution in [0.15, 0.2) is 30.5 Å². The number of carbonyl (C=O) groups excluding carboxylic acids is 4. The number of likely N-dealkylation sites (tertiary alicyclic amines) is 1. The molecule has 2 atom stereocenters. The minimum Gasteiger partial charge on any atom is -0.372 e. The number of nitrogens with zero attached hydrogens (tertiary/aromatic N) is 2. The topological polar surface area (TPSA) is 177 Å². The zero-order valence-corrected chi connectivity index (χ0v) is 20.6. The first-order valence-corrected chi connectivity index (χ1v) is 11.7. The molecule has 2 aromatic rings. The van der Waals surface area contributed by atoms with Crippen LogP contribution >= 0.6 is 0 Å². The number of carbonyl (C=O) groups is 4. The summed E-state index contributed by atoms with van der Waals surface area (Å²) in [6, 6.07) is 7.12. The van der Waals surface area contributed by atoms with Crippen molar-refractivity contribution in [3.05, 3.63) is 41.6 Å². The number of benzene rings is 1. The van der Waals surface area contributed by atoms with Gasteiger partial charge in [-0.2, -0.15) is 0 Å². The SMILES string of the molecule is C[NH2+]CCNC(=O)CCc1ccc2nccc(C(=O)NCC(=O)N3CC(C)(F)CC3N)c2c1.NC=O. The van der Waals surface area contributed by atoms with Crippen LogP contribution in [-0.2, 0) is 20.8 Å². The molecule has 1 aliphatic rings. The van der Waals surface area contributed by atoms with Gasteiger partial charge in [-0.3, -0.25) is 24.2 Å². The van der Waals surface area contributed by atoms with Crippen molar-refractivity contribution >= 4 is 35.0 Å². The number of hydrogen-bond acceptors (Lipinski definition) is 6. The normalized spacial score (nSPS) is 18.8.